The van der Waals surface area contributed by atoms with E-state index in [9.17, 15) is 18.3 Å². The van der Waals surface area contributed by atoms with Crippen molar-refractivity contribution in [3.8, 4) is 0 Å². The van der Waals surface area contributed by atoms with E-state index in [0.29, 0.717) is 41.0 Å². The van der Waals surface area contributed by atoms with Crippen molar-refractivity contribution >= 4 is 49.1 Å². The number of esters is 1. The van der Waals surface area contributed by atoms with Crippen molar-refractivity contribution in [3.05, 3.63) is 390 Å². The van der Waals surface area contributed by atoms with Crippen molar-refractivity contribution in [2.45, 2.75) is 274 Å². The summed E-state index contributed by atoms with van der Waals surface area (Å²) in [4.78, 5) is 23.7. The second-order valence-electron chi connectivity index (χ2n) is 39.9. The number of carbonyl (C=O) groups is 1. The number of carbonyl (C=O) groups excluding carboxylic acids is 1. The van der Waals surface area contributed by atoms with Crippen molar-refractivity contribution in [1.82, 2.24) is 15.0 Å². The quantitative estimate of drug-likeness (QED) is 0.0894. The fraction of sp³-hybridized carbons (Fsp3) is 0.384. The normalized spacial score (nSPS) is 31.4. The minimum absolute atomic E-state index is 0.0171. The molecule has 704 valence electrons. The SMILES string of the molecule is CC1(C)OC2C3C(Cl)=C(S(=O)(=O)c4ccccc4)C(c4ccccc43)C2O1.CC1(C)OC2C3C=CC(c4ccccc43)C2O1.CC1(C)OC2C3c4ccccc4C(c4c3c[nH]c4CO)C2O1.CC1(C)OC2C3c4ccccc4C(c4c[nH]cc43)C2O1.CC1(C)OC2C=CC=CC2O1.CCOC(=O)c1[nH]cc2c1C1c3ccccc3C2C2OC(C)(C)OC12.ClSc1ccccc1.c1ccccc#1. The van der Waals surface area contributed by atoms with Crippen LogP contribution in [0.15, 0.2) is 287 Å². The third-order valence-corrected chi connectivity index (χ3v) is 32.3. The van der Waals surface area contributed by atoms with Crippen LogP contribution in [0.2, 0.25) is 0 Å². The summed E-state index contributed by atoms with van der Waals surface area (Å²) in [6.45, 7) is 25.7. The Hall–Kier alpha value is -9.79. The molecule has 0 saturated carbocycles. The first kappa shape index (κ1) is 92.6. The Balaban J connectivity index is 0.0000000960. The van der Waals surface area contributed by atoms with Gasteiger partial charge in [-0.25, -0.2) is 13.2 Å². The van der Waals surface area contributed by atoms with E-state index < -0.39 is 50.5 Å². The van der Waals surface area contributed by atoms with Crippen LogP contribution in [0.25, 0.3) is 0 Å². The Morgan fingerprint density at radius 2 is 0.713 bits per heavy atom. The number of H-pyrrole nitrogens is 3. The van der Waals surface area contributed by atoms with Crippen LogP contribution >= 0.6 is 33.3 Å². The number of nitrogens with one attached hydrogen (secondary N) is 3. The minimum Gasteiger partial charge on any atom is -0.461 e. The van der Waals surface area contributed by atoms with Gasteiger partial charge in [-0.2, -0.15) is 0 Å². The van der Waals surface area contributed by atoms with Crippen molar-refractivity contribution < 1.29 is 79.9 Å². The van der Waals surface area contributed by atoms with Crippen LogP contribution in [-0.2, 0) is 78.0 Å². The van der Waals surface area contributed by atoms with Crippen LogP contribution in [0.5, 0.6) is 0 Å². The minimum atomic E-state index is -3.75. The molecule has 11 aromatic rings. The summed E-state index contributed by atoms with van der Waals surface area (Å²) in [7, 11) is 2.94. The van der Waals surface area contributed by atoms with Gasteiger partial charge in [-0.15, -0.1) is 0 Å². The summed E-state index contributed by atoms with van der Waals surface area (Å²) < 4.78 is 105. The zero-order valence-electron chi connectivity index (χ0n) is 78.1. The van der Waals surface area contributed by atoms with Gasteiger partial charge in [-0.05, 0) is 237 Å². The number of allylic oxidation sites excluding steroid dienone is 2. The molecule has 0 radical (unpaired) electrons. The van der Waals surface area contributed by atoms with E-state index in [4.69, 9.17) is 83.9 Å². The molecule has 3 aromatic heterocycles. The van der Waals surface area contributed by atoms with Gasteiger partial charge in [0.05, 0.1) is 95.9 Å². The van der Waals surface area contributed by atoms with E-state index in [0.717, 1.165) is 32.8 Å². The standard InChI is InChI=1S/C21H19ClO4S.C20H21NO4.C18H19NO3.C17H17NO2.C15H16O2.C9H12O2.C6H5ClS.C6H4/c1-21(2)25-18-15-13-10-6-7-11-14(13)16(19(18)26-21)20(17(15)22)27(23,24)12-8-4-3-5-9-12;1-4-23-19(22)16-14-12(9-21-16)13-10-7-5-6-8-11(10)15(14)18-17(13)24-20(2,3)25-18;1-18(2)21-16-13-9-5-3-4-6-10(9)15(17(16)22-18)14-11(13)7-19-12(14)8-20;1-17(2)19-15-13-9-5-3-4-6-10(9)14(16(15)20-17)12-8-18-7-11(12)13;1-15(2)16-13-11-7-8-12(14(13)17-15)10-6-4-3-5-9(10)11;1-9(2)10-7-5-3-4-6-8(7)11-9;7-8-6-4-2-1-3-5-6;1-2-4-6-5-3-1/h3-11,15-16,18-19H,1-2H3;5-9,13,15,17-18,21H,4H2,1-3H3;3-7,13,15-17,19-20H,8H2,1-2H3;3-8,13-16,18H,1-2H3;3-8,11-14H,1-2H3;3-8H,1-2H3;1-5H;1-4H. The van der Waals surface area contributed by atoms with E-state index in [2.05, 4.69) is 143 Å². The van der Waals surface area contributed by atoms with Crippen molar-refractivity contribution in [1.29, 1.82) is 0 Å². The highest BCUT2D eigenvalue weighted by atomic mass is 35.7. The molecule has 4 N–H and O–H groups in total. The second kappa shape index (κ2) is 35.8. The lowest BCUT2D eigenvalue weighted by atomic mass is 9.61. The average Bonchev–Trinajstić information content (AvgIpc) is 1.07. The lowest BCUT2D eigenvalue weighted by Gasteiger charge is -2.45. The van der Waals surface area contributed by atoms with Gasteiger partial charge in [0.15, 0.2) is 34.7 Å². The molecule has 24 heteroatoms. The van der Waals surface area contributed by atoms with E-state index in [-0.39, 0.29) is 125 Å². The van der Waals surface area contributed by atoms with Gasteiger partial charge in [0.2, 0.25) is 9.84 Å². The number of hydrogen-bond donors (Lipinski definition) is 4. The number of aromatic amines is 3. The molecular weight excluding hydrogens is 1790 g/mol. The number of rotatable bonds is 6. The predicted octanol–water partition coefficient (Wildman–Crippen LogP) is 22.2. The van der Waals surface area contributed by atoms with Gasteiger partial charge in [-0.1, -0.05) is 230 Å². The Labute approximate surface area is 808 Å². The van der Waals surface area contributed by atoms with Gasteiger partial charge >= 0.3 is 5.97 Å². The summed E-state index contributed by atoms with van der Waals surface area (Å²) in [5.74, 6) is -2.74. The molecule has 10 bridgehead atoms. The number of halogens is 2. The molecule has 22 atom stereocenters. The average molecular weight is 1910 g/mol. The highest BCUT2D eigenvalue weighted by Crippen LogP contribution is 2.65. The van der Waals surface area contributed by atoms with E-state index in [1.165, 1.54) is 77.7 Å². The van der Waals surface area contributed by atoms with Gasteiger partial charge in [0.1, 0.15) is 17.9 Å². The van der Waals surface area contributed by atoms with Crippen LogP contribution in [0.3, 0.4) is 0 Å². The zero-order valence-corrected chi connectivity index (χ0v) is 81.2. The maximum absolute atomic E-state index is 13.5. The molecule has 0 spiro atoms. The Morgan fingerprint density at radius 3 is 1.11 bits per heavy atom. The number of aromatic nitrogens is 3. The molecule has 6 fully saturated rings. The maximum atomic E-state index is 13.5. The third-order valence-electron chi connectivity index (χ3n) is 28.9. The van der Waals surface area contributed by atoms with Crippen molar-refractivity contribution in [3.63, 3.8) is 0 Å². The molecule has 22 aliphatic rings. The van der Waals surface area contributed by atoms with Gasteiger partial charge in [-0.3, -0.25) is 0 Å². The number of aliphatic hydroxyl groups is 1. The third kappa shape index (κ3) is 16.5. The van der Waals surface area contributed by atoms with Gasteiger partial charge < -0.3 is 81.6 Å². The van der Waals surface area contributed by atoms with E-state index in [1.54, 1.807) is 30.3 Å². The summed E-state index contributed by atoms with van der Waals surface area (Å²) in [6.07, 6.45) is 21.0. The first-order valence-electron chi connectivity index (χ1n) is 47.2. The van der Waals surface area contributed by atoms with E-state index >= 15 is 0 Å². The molecule has 8 aromatic carbocycles. The Kier molecular flexibility index (Phi) is 24.4. The van der Waals surface area contributed by atoms with Crippen LogP contribution in [-0.4, -0.2) is 149 Å². The first-order valence-corrected chi connectivity index (χ1v) is 50.7. The molecule has 22 unspecified atom stereocenters. The number of fused-ring (bicyclic) bond motifs is 1. The van der Waals surface area contributed by atoms with Crippen molar-refractivity contribution in [2.75, 3.05) is 6.61 Å². The fourth-order valence-electron chi connectivity index (χ4n) is 24.3. The first-order chi connectivity index (χ1) is 65.4. The van der Waals surface area contributed by atoms with Crippen LogP contribution in [0.1, 0.15) is 254 Å². The second-order valence-corrected chi connectivity index (χ2v) is 43.3. The van der Waals surface area contributed by atoms with Crippen LogP contribution < -0.4 is 0 Å². The molecule has 136 heavy (non-hydrogen) atoms. The summed E-state index contributed by atoms with van der Waals surface area (Å²) in [5.41, 5.74) is 21.7. The summed E-state index contributed by atoms with van der Waals surface area (Å²) in [5, 5.41) is 10.1. The largest absolute Gasteiger partial charge is 0.461 e. The highest BCUT2D eigenvalue weighted by molar-refractivity contribution is 8.21. The molecule has 6 aliphatic heterocycles. The predicted molar refractivity (Wildman–Crippen MR) is 518 cm³/mol. The Morgan fingerprint density at radius 1 is 0.382 bits per heavy atom. The fourth-order valence-corrected chi connectivity index (χ4v) is 27.3. The molecule has 20 nitrogen and oxygen atoms in total. The Bertz CT molecular complexity index is 6410. The maximum Gasteiger partial charge on any atom is 0.355 e. The number of hydrogen-bond acceptors (Lipinski definition) is 18. The highest BCUT2D eigenvalue weighted by Gasteiger charge is 2.65. The topological polar surface area (TPSA) is 239 Å². The number of benzene rings is 7. The van der Waals surface area contributed by atoms with Crippen LogP contribution in [0.4, 0.5) is 0 Å². The number of aliphatic hydroxyl groups excluding tert-OH is 1. The van der Waals surface area contributed by atoms with Crippen molar-refractivity contribution in [2.24, 2.45) is 0 Å². The number of ether oxygens (including phenoxy) is 13. The van der Waals surface area contributed by atoms with Gasteiger partial charge in [0, 0.05) is 87.8 Å². The zero-order chi connectivity index (χ0) is 94.4. The van der Waals surface area contributed by atoms with Gasteiger partial charge in [0.25, 0.3) is 0 Å². The molecule has 33 rings (SSSR count). The molecule has 6 saturated heterocycles. The van der Waals surface area contributed by atoms with E-state index in [1.807, 2.05) is 212 Å². The molecular formula is C112H113Cl2N3O17S2. The van der Waals surface area contributed by atoms with Crippen LogP contribution in [0, 0.1) is 12.1 Å². The molecule has 0 amide bonds. The lowest BCUT2D eigenvalue weighted by molar-refractivity contribution is -0.147. The monoisotopic (exact) mass is 1910 g/mol. The molecule has 16 aliphatic carbocycles. The lowest BCUT2D eigenvalue weighted by Crippen LogP contribution is -2.46. The summed E-state index contributed by atoms with van der Waals surface area (Å²) in [6, 6.07) is 73.5. The smallest absolute Gasteiger partial charge is 0.355 e. The summed E-state index contributed by atoms with van der Waals surface area (Å²) >= 11 is 6.77. The molecule has 9 heterocycles. The number of sulfone groups is 1.